The number of esters is 1. The van der Waals surface area contributed by atoms with E-state index in [1.807, 2.05) is 6.08 Å². The third-order valence-electron chi connectivity index (χ3n) is 13.2. The van der Waals surface area contributed by atoms with Crippen LogP contribution in [0, 0.1) is 0 Å². The molecule has 0 aliphatic heterocycles. The Bertz CT molecular complexity index is 997. The van der Waals surface area contributed by atoms with E-state index in [1.54, 1.807) is 6.08 Å². The van der Waals surface area contributed by atoms with E-state index in [1.165, 1.54) is 225 Å². The first kappa shape index (κ1) is 62.3. The molecule has 0 spiro atoms. The quantitative estimate of drug-likeness (QED) is 0.0321. The average molecular weight is 903 g/mol. The standard InChI is InChI=1S/C58H111NO5/c1-3-5-7-9-11-13-15-17-19-20-21-22-23-24-25-27-28-30-34-38-42-46-50-56(61)55(54-60)59-57(62)51-47-43-39-35-32-33-37-41-45-49-53-64-58(63)52-48-44-40-36-31-29-26-18-16-14-12-10-8-6-4-2/h18,26,46,50,55-56,60-61H,3-17,19-25,27-45,47-49,51-54H2,1-2H3,(H,59,62)/b26-18-,50-46+. The number of aliphatic hydroxyl groups is 2. The molecule has 3 N–H and O–H groups in total. The molecular weight excluding hydrogens is 791 g/mol. The summed E-state index contributed by atoms with van der Waals surface area (Å²) < 4.78 is 5.46. The number of hydrogen-bond acceptors (Lipinski definition) is 5. The van der Waals surface area contributed by atoms with Gasteiger partial charge in [-0.2, -0.15) is 0 Å². The number of carbonyl (C=O) groups excluding carboxylic acids is 2. The molecule has 0 aromatic rings. The van der Waals surface area contributed by atoms with Crippen molar-refractivity contribution in [1.29, 1.82) is 0 Å². The number of unbranched alkanes of at least 4 members (excludes halogenated alkanes) is 40. The minimum absolute atomic E-state index is 0.0281. The normalized spacial score (nSPS) is 12.8. The van der Waals surface area contributed by atoms with Crippen LogP contribution in [0.4, 0.5) is 0 Å². The summed E-state index contributed by atoms with van der Waals surface area (Å²) in [4.78, 5) is 24.5. The van der Waals surface area contributed by atoms with Gasteiger partial charge in [-0.3, -0.25) is 9.59 Å². The number of carbonyl (C=O) groups is 2. The minimum atomic E-state index is -0.860. The monoisotopic (exact) mass is 902 g/mol. The Labute approximate surface area is 399 Å². The summed E-state index contributed by atoms with van der Waals surface area (Å²) >= 11 is 0. The number of rotatable bonds is 53. The summed E-state index contributed by atoms with van der Waals surface area (Å²) in [5, 5.41) is 23.2. The smallest absolute Gasteiger partial charge is 0.305 e. The zero-order valence-corrected chi connectivity index (χ0v) is 43.0. The molecule has 2 atom stereocenters. The molecule has 378 valence electrons. The van der Waals surface area contributed by atoms with E-state index in [4.69, 9.17) is 4.74 Å². The predicted molar refractivity (Wildman–Crippen MR) is 278 cm³/mol. The molecule has 0 aromatic carbocycles. The van der Waals surface area contributed by atoms with Gasteiger partial charge in [-0.25, -0.2) is 0 Å². The van der Waals surface area contributed by atoms with Gasteiger partial charge in [-0.1, -0.05) is 263 Å². The van der Waals surface area contributed by atoms with Gasteiger partial charge in [-0.15, -0.1) is 0 Å². The molecule has 6 nitrogen and oxygen atoms in total. The first-order valence-corrected chi connectivity index (χ1v) is 28.6. The van der Waals surface area contributed by atoms with Crippen molar-refractivity contribution in [1.82, 2.24) is 5.32 Å². The van der Waals surface area contributed by atoms with Crippen LogP contribution in [0.15, 0.2) is 24.3 Å². The number of aliphatic hydroxyl groups excluding tert-OH is 2. The van der Waals surface area contributed by atoms with Gasteiger partial charge in [0, 0.05) is 12.8 Å². The number of allylic oxidation sites excluding steroid dienone is 3. The Hall–Kier alpha value is -1.66. The highest BCUT2D eigenvalue weighted by molar-refractivity contribution is 5.76. The van der Waals surface area contributed by atoms with Crippen LogP contribution in [0.5, 0.6) is 0 Å². The number of ether oxygens (including phenoxy) is 1. The van der Waals surface area contributed by atoms with E-state index in [9.17, 15) is 19.8 Å². The molecule has 0 heterocycles. The molecular formula is C58H111NO5. The Morgan fingerprint density at radius 1 is 0.422 bits per heavy atom. The summed E-state index contributed by atoms with van der Waals surface area (Å²) in [7, 11) is 0. The molecule has 0 aliphatic rings. The van der Waals surface area contributed by atoms with Gasteiger partial charge in [-0.05, 0) is 57.8 Å². The number of hydrogen-bond donors (Lipinski definition) is 3. The number of amides is 1. The highest BCUT2D eigenvalue weighted by Gasteiger charge is 2.18. The largest absolute Gasteiger partial charge is 0.466 e. The summed E-state index contributed by atoms with van der Waals surface area (Å²) in [5.74, 6) is -0.117. The lowest BCUT2D eigenvalue weighted by atomic mass is 10.0. The van der Waals surface area contributed by atoms with E-state index in [2.05, 4.69) is 31.3 Å². The van der Waals surface area contributed by atoms with Crippen molar-refractivity contribution < 1.29 is 24.5 Å². The zero-order valence-electron chi connectivity index (χ0n) is 43.0. The van der Waals surface area contributed by atoms with Gasteiger partial charge in [0.1, 0.15) is 0 Å². The topological polar surface area (TPSA) is 95.9 Å². The van der Waals surface area contributed by atoms with Gasteiger partial charge < -0.3 is 20.3 Å². The average Bonchev–Trinajstić information content (AvgIpc) is 3.29. The fourth-order valence-corrected chi connectivity index (χ4v) is 8.81. The maximum atomic E-state index is 12.5. The van der Waals surface area contributed by atoms with E-state index in [0.717, 1.165) is 57.8 Å². The third kappa shape index (κ3) is 49.8. The first-order valence-electron chi connectivity index (χ1n) is 28.6. The van der Waals surface area contributed by atoms with Crippen molar-refractivity contribution in [2.75, 3.05) is 13.2 Å². The van der Waals surface area contributed by atoms with Crippen LogP contribution in [0.3, 0.4) is 0 Å². The maximum absolute atomic E-state index is 12.5. The summed E-state index contributed by atoms with van der Waals surface area (Å²) in [6, 6.07) is -0.646. The SMILES string of the molecule is CCCCCCCC/C=C\CCCCCCCC(=O)OCCCCCCCCCCCCC(=O)NC(CO)C(O)/C=C/CCCCCCCCCCCCCCCCCCCCCC. The summed E-state index contributed by atoms with van der Waals surface area (Å²) in [6.45, 7) is 4.86. The van der Waals surface area contributed by atoms with E-state index < -0.39 is 12.1 Å². The van der Waals surface area contributed by atoms with Crippen LogP contribution in [-0.2, 0) is 14.3 Å². The van der Waals surface area contributed by atoms with Crippen LogP contribution < -0.4 is 5.32 Å². The fraction of sp³-hybridized carbons (Fsp3) is 0.897. The second kappa shape index (κ2) is 54.0. The molecule has 64 heavy (non-hydrogen) atoms. The molecule has 0 aliphatic carbocycles. The molecule has 1 amide bonds. The van der Waals surface area contributed by atoms with Crippen LogP contribution >= 0.6 is 0 Å². The minimum Gasteiger partial charge on any atom is -0.466 e. The first-order chi connectivity index (χ1) is 31.5. The Balaban J connectivity index is 3.51. The van der Waals surface area contributed by atoms with Crippen LogP contribution in [0.25, 0.3) is 0 Å². The lowest BCUT2D eigenvalue weighted by Gasteiger charge is -2.20. The van der Waals surface area contributed by atoms with Crippen molar-refractivity contribution in [3.8, 4) is 0 Å². The molecule has 2 unspecified atom stereocenters. The second-order valence-electron chi connectivity index (χ2n) is 19.6. The molecule has 0 bridgehead atoms. The third-order valence-corrected chi connectivity index (χ3v) is 13.2. The summed E-state index contributed by atoms with van der Waals surface area (Å²) in [5.41, 5.74) is 0. The van der Waals surface area contributed by atoms with Crippen molar-refractivity contribution in [2.24, 2.45) is 0 Å². The van der Waals surface area contributed by atoms with Gasteiger partial charge in [0.2, 0.25) is 5.91 Å². The fourth-order valence-electron chi connectivity index (χ4n) is 8.81. The van der Waals surface area contributed by atoms with Gasteiger partial charge in [0.05, 0.1) is 25.4 Å². The molecule has 0 rings (SSSR count). The van der Waals surface area contributed by atoms with Gasteiger partial charge in [0.25, 0.3) is 0 Å². The van der Waals surface area contributed by atoms with Crippen LogP contribution in [-0.4, -0.2) is 47.4 Å². The number of nitrogens with one attached hydrogen (secondary N) is 1. The van der Waals surface area contributed by atoms with Crippen LogP contribution in [0.1, 0.15) is 309 Å². The lowest BCUT2D eigenvalue weighted by Crippen LogP contribution is -2.45. The highest BCUT2D eigenvalue weighted by atomic mass is 16.5. The van der Waals surface area contributed by atoms with E-state index >= 15 is 0 Å². The highest BCUT2D eigenvalue weighted by Crippen LogP contribution is 2.17. The molecule has 0 fully saturated rings. The molecule has 0 saturated carbocycles. The second-order valence-corrected chi connectivity index (χ2v) is 19.6. The van der Waals surface area contributed by atoms with Crippen molar-refractivity contribution >= 4 is 11.9 Å². The summed E-state index contributed by atoms with van der Waals surface area (Å²) in [6.07, 6.45) is 64.8. The molecule has 0 radical (unpaired) electrons. The Kier molecular flexibility index (Phi) is 52.6. The van der Waals surface area contributed by atoms with Crippen molar-refractivity contribution in [2.45, 2.75) is 321 Å². The predicted octanol–water partition coefficient (Wildman–Crippen LogP) is 17.5. The van der Waals surface area contributed by atoms with Crippen LogP contribution in [0.2, 0.25) is 0 Å². The van der Waals surface area contributed by atoms with Crippen molar-refractivity contribution in [3.63, 3.8) is 0 Å². The van der Waals surface area contributed by atoms with Gasteiger partial charge in [0.15, 0.2) is 0 Å². The molecule has 0 aromatic heterocycles. The van der Waals surface area contributed by atoms with E-state index in [0.29, 0.717) is 19.4 Å². The molecule has 6 heteroatoms. The molecule has 0 saturated heterocycles. The van der Waals surface area contributed by atoms with Crippen molar-refractivity contribution in [3.05, 3.63) is 24.3 Å². The van der Waals surface area contributed by atoms with Gasteiger partial charge >= 0.3 is 5.97 Å². The lowest BCUT2D eigenvalue weighted by molar-refractivity contribution is -0.143. The van der Waals surface area contributed by atoms with E-state index in [-0.39, 0.29) is 18.5 Å². The Morgan fingerprint density at radius 3 is 1.11 bits per heavy atom. The maximum Gasteiger partial charge on any atom is 0.305 e. The zero-order chi connectivity index (χ0) is 46.5. The Morgan fingerprint density at radius 2 is 0.734 bits per heavy atom.